The third kappa shape index (κ3) is 5.36. The van der Waals surface area contributed by atoms with E-state index in [-0.39, 0.29) is 40.9 Å². The predicted molar refractivity (Wildman–Crippen MR) is 144 cm³/mol. The molecule has 2 N–H and O–H groups in total. The zero-order chi connectivity index (χ0) is 26.2. The number of aliphatic hydroxyl groups excluding tert-OH is 1. The molecule has 4 rings (SSSR count). The number of aliphatic hydroxyl groups is 1. The minimum Gasteiger partial charge on any atom is -0.392 e. The molecule has 2 aliphatic carbocycles. The molecule has 7 nitrogen and oxygen atoms in total. The first kappa shape index (κ1) is 26.8. The fourth-order valence-electron chi connectivity index (χ4n) is 6.51. The summed E-state index contributed by atoms with van der Waals surface area (Å²) in [6, 6.07) is 10.0. The molecule has 0 radical (unpaired) electrons. The van der Waals surface area contributed by atoms with E-state index in [0.29, 0.717) is 18.2 Å². The largest absolute Gasteiger partial charge is 0.392 e. The maximum atomic E-state index is 13.4. The number of hydrogen-bond acceptors (Lipinski definition) is 6. The van der Waals surface area contributed by atoms with Gasteiger partial charge < -0.3 is 20.2 Å². The molecule has 8 heteroatoms. The lowest BCUT2D eigenvalue weighted by Gasteiger charge is -2.53. The summed E-state index contributed by atoms with van der Waals surface area (Å²) in [5, 5.41) is 15.3. The van der Waals surface area contributed by atoms with E-state index in [1.807, 2.05) is 63.3 Å². The van der Waals surface area contributed by atoms with Crippen LogP contribution >= 0.6 is 11.3 Å². The molecule has 36 heavy (non-hydrogen) atoms. The molecule has 1 aromatic carbocycles. The molecule has 2 amide bonds. The Kier molecular flexibility index (Phi) is 7.88. The first-order chi connectivity index (χ1) is 17.0. The molecule has 6 unspecified atom stereocenters. The number of carbonyl (C=O) groups excluding carboxylic acids is 2. The number of nitrogens with zero attached hydrogens (tertiary/aromatic N) is 3. The van der Waals surface area contributed by atoms with Gasteiger partial charge >= 0.3 is 0 Å². The van der Waals surface area contributed by atoms with Gasteiger partial charge in [0.15, 0.2) is 5.13 Å². The Bertz CT molecular complexity index is 1090. The number of anilines is 1. The van der Waals surface area contributed by atoms with E-state index in [4.69, 9.17) is 4.98 Å². The van der Waals surface area contributed by atoms with E-state index >= 15 is 0 Å². The highest BCUT2D eigenvalue weighted by Gasteiger charge is 2.54. The van der Waals surface area contributed by atoms with Crippen molar-refractivity contribution < 1.29 is 14.7 Å². The highest BCUT2D eigenvalue weighted by molar-refractivity contribution is 7.15. The number of nitrogens with one attached hydrogen (secondary N) is 1. The van der Waals surface area contributed by atoms with Crippen LogP contribution in [0.4, 0.5) is 5.13 Å². The number of thiazole rings is 1. The highest BCUT2D eigenvalue weighted by atomic mass is 32.1. The van der Waals surface area contributed by atoms with E-state index in [0.717, 1.165) is 30.5 Å². The number of carbonyl (C=O) groups is 2. The second-order valence-corrected chi connectivity index (χ2v) is 12.5. The van der Waals surface area contributed by atoms with Gasteiger partial charge in [-0.3, -0.25) is 9.59 Å². The second kappa shape index (κ2) is 10.6. The Balaban J connectivity index is 1.49. The summed E-state index contributed by atoms with van der Waals surface area (Å²) in [7, 11) is 5.58. The van der Waals surface area contributed by atoms with E-state index < -0.39 is 6.10 Å². The van der Waals surface area contributed by atoms with Gasteiger partial charge in [0.25, 0.3) is 0 Å². The van der Waals surface area contributed by atoms with Crippen LogP contribution in [0.25, 0.3) is 0 Å². The van der Waals surface area contributed by atoms with Crippen molar-refractivity contribution >= 4 is 28.3 Å². The quantitative estimate of drug-likeness (QED) is 0.586. The molecule has 1 heterocycles. The van der Waals surface area contributed by atoms with Crippen LogP contribution in [0, 0.1) is 23.2 Å². The minimum absolute atomic E-state index is 0.0193. The second-order valence-electron chi connectivity index (χ2n) is 11.4. The van der Waals surface area contributed by atoms with E-state index in [1.54, 1.807) is 16.2 Å². The standard InChI is InChI=1S/C28H40N4O3S/c1-17(26(35)32(6)15-19-10-8-7-9-11-19)20-12-13-28(3)14-21-24(18(2)23(28)25(20)34)30-27(36-21)29-22(33)16-31(4)5/h7-11,17-18,20,23,25,34H,12-16H2,1-6H3,(H,29,30,33). The van der Waals surface area contributed by atoms with Crippen LogP contribution in [0.2, 0.25) is 0 Å². The lowest BCUT2D eigenvalue weighted by molar-refractivity contribution is -0.144. The first-order valence-electron chi connectivity index (χ1n) is 12.9. The molecule has 0 saturated heterocycles. The van der Waals surface area contributed by atoms with Gasteiger partial charge in [-0.2, -0.15) is 0 Å². The molecule has 2 aromatic rings. The normalized spacial score (nSPS) is 28.2. The van der Waals surface area contributed by atoms with Crippen LogP contribution in [-0.2, 0) is 22.6 Å². The van der Waals surface area contributed by atoms with Crippen LogP contribution in [0.3, 0.4) is 0 Å². The number of likely N-dealkylation sites (N-methyl/N-ethyl adjacent to an activating group) is 1. The molecule has 0 aliphatic heterocycles. The Hall–Kier alpha value is -2.29. The summed E-state index contributed by atoms with van der Waals surface area (Å²) >= 11 is 1.56. The van der Waals surface area contributed by atoms with Crippen molar-refractivity contribution in [3.63, 3.8) is 0 Å². The Morgan fingerprint density at radius 3 is 2.61 bits per heavy atom. The molecule has 196 valence electrons. The Morgan fingerprint density at radius 1 is 1.25 bits per heavy atom. The highest BCUT2D eigenvalue weighted by Crippen LogP contribution is 2.57. The average Bonchev–Trinajstić information content (AvgIpc) is 3.20. The van der Waals surface area contributed by atoms with Gasteiger partial charge in [0.05, 0.1) is 18.3 Å². The van der Waals surface area contributed by atoms with Gasteiger partial charge in [0.2, 0.25) is 11.8 Å². The van der Waals surface area contributed by atoms with E-state index in [2.05, 4.69) is 19.2 Å². The van der Waals surface area contributed by atoms with Crippen molar-refractivity contribution in [3.05, 3.63) is 46.5 Å². The van der Waals surface area contributed by atoms with Gasteiger partial charge in [0, 0.05) is 30.3 Å². The number of hydrogen-bond donors (Lipinski definition) is 2. The van der Waals surface area contributed by atoms with Crippen molar-refractivity contribution in [2.75, 3.05) is 33.0 Å². The van der Waals surface area contributed by atoms with Crippen molar-refractivity contribution in [1.82, 2.24) is 14.8 Å². The Morgan fingerprint density at radius 2 is 1.94 bits per heavy atom. The van der Waals surface area contributed by atoms with E-state index in [9.17, 15) is 14.7 Å². The van der Waals surface area contributed by atoms with Crippen LogP contribution in [0.15, 0.2) is 30.3 Å². The molecular weight excluding hydrogens is 472 g/mol. The number of aromatic nitrogens is 1. The molecule has 0 bridgehead atoms. The topological polar surface area (TPSA) is 85.8 Å². The average molecular weight is 513 g/mol. The summed E-state index contributed by atoms with van der Waals surface area (Å²) in [5.74, 6) is -0.272. The van der Waals surface area contributed by atoms with Gasteiger partial charge in [-0.05, 0) is 56.2 Å². The van der Waals surface area contributed by atoms with Crippen LogP contribution in [-0.4, -0.2) is 65.5 Å². The fourth-order valence-corrected chi connectivity index (χ4v) is 7.79. The van der Waals surface area contributed by atoms with Gasteiger partial charge in [-0.1, -0.05) is 51.1 Å². The lowest BCUT2D eigenvalue weighted by atomic mass is 9.53. The van der Waals surface area contributed by atoms with Crippen molar-refractivity contribution in [2.45, 2.75) is 58.6 Å². The molecule has 6 atom stereocenters. The number of fused-ring (bicyclic) bond motifs is 2. The van der Waals surface area contributed by atoms with Crippen LogP contribution < -0.4 is 5.32 Å². The molecule has 2 aliphatic rings. The zero-order valence-corrected chi connectivity index (χ0v) is 23.1. The summed E-state index contributed by atoms with van der Waals surface area (Å²) in [6.07, 6.45) is 2.06. The summed E-state index contributed by atoms with van der Waals surface area (Å²) in [6.45, 7) is 7.26. The van der Waals surface area contributed by atoms with E-state index in [1.165, 1.54) is 4.88 Å². The van der Waals surface area contributed by atoms with Crippen LogP contribution in [0.1, 0.15) is 55.7 Å². The molecule has 0 spiro atoms. The smallest absolute Gasteiger partial charge is 0.240 e. The van der Waals surface area contributed by atoms with Crippen molar-refractivity contribution in [1.29, 1.82) is 0 Å². The summed E-state index contributed by atoms with van der Waals surface area (Å²) in [4.78, 5) is 35.2. The van der Waals surface area contributed by atoms with Crippen molar-refractivity contribution in [2.24, 2.45) is 23.2 Å². The summed E-state index contributed by atoms with van der Waals surface area (Å²) < 4.78 is 0. The van der Waals surface area contributed by atoms with Crippen molar-refractivity contribution in [3.8, 4) is 0 Å². The molecule has 1 fully saturated rings. The maximum absolute atomic E-state index is 13.4. The molecule has 1 aromatic heterocycles. The maximum Gasteiger partial charge on any atom is 0.240 e. The third-order valence-corrected chi connectivity index (χ3v) is 9.29. The Labute approximate surface area is 218 Å². The number of benzene rings is 1. The number of rotatable bonds is 7. The lowest BCUT2D eigenvalue weighted by Crippen LogP contribution is -2.53. The summed E-state index contributed by atoms with van der Waals surface area (Å²) in [5.41, 5.74) is 2.03. The predicted octanol–water partition coefficient (Wildman–Crippen LogP) is 3.99. The van der Waals surface area contributed by atoms with Gasteiger partial charge in [0.1, 0.15) is 0 Å². The first-order valence-corrected chi connectivity index (χ1v) is 13.7. The molecular formula is C28H40N4O3S. The fraction of sp³-hybridized carbons (Fsp3) is 0.607. The van der Waals surface area contributed by atoms with Crippen LogP contribution in [0.5, 0.6) is 0 Å². The van der Waals surface area contributed by atoms with Gasteiger partial charge in [-0.15, -0.1) is 11.3 Å². The SMILES string of the molecule is CC(C(=O)N(C)Cc1ccccc1)C1CCC2(C)Cc3sc(NC(=O)CN(C)C)nc3C(C)C2C1O. The third-order valence-electron chi connectivity index (χ3n) is 8.30. The number of amides is 2. The van der Waals surface area contributed by atoms with Gasteiger partial charge in [-0.25, -0.2) is 4.98 Å². The monoisotopic (exact) mass is 512 g/mol. The zero-order valence-electron chi connectivity index (χ0n) is 22.3. The molecule has 1 saturated carbocycles. The minimum atomic E-state index is -0.579.